The van der Waals surface area contributed by atoms with Crippen LogP contribution in [-0.4, -0.2) is 30.0 Å². The number of aryl methyl sites for hydroxylation is 1. The molecule has 0 aliphatic carbocycles. The Balaban J connectivity index is 1.91. The SMILES string of the molecule is CCc1cc(S(N)(=O)=O)ccc1OCCNS(=O)(=O)Cc1ccccc1. The maximum atomic E-state index is 12.0. The summed E-state index contributed by atoms with van der Waals surface area (Å²) < 4.78 is 54.9. The molecule has 0 spiro atoms. The Morgan fingerprint density at radius 1 is 1.04 bits per heavy atom. The highest BCUT2D eigenvalue weighted by atomic mass is 32.2. The lowest BCUT2D eigenvalue weighted by atomic mass is 10.1. The summed E-state index contributed by atoms with van der Waals surface area (Å²) in [6, 6.07) is 13.2. The largest absolute Gasteiger partial charge is 0.492 e. The zero-order valence-electron chi connectivity index (χ0n) is 14.4. The third-order valence-electron chi connectivity index (χ3n) is 3.62. The molecule has 0 atom stereocenters. The van der Waals surface area contributed by atoms with Gasteiger partial charge in [-0.2, -0.15) is 0 Å². The maximum Gasteiger partial charge on any atom is 0.238 e. The Kier molecular flexibility index (Phi) is 6.76. The van der Waals surface area contributed by atoms with Gasteiger partial charge < -0.3 is 4.74 Å². The Hall–Kier alpha value is -1.94. The topological polar surface area (TPSA) is 116 Å². The monoisotopic (exact) mass is 398 g/mol. The number of hydrogen-bond donors (Lipinski definition) is 2. The summed E-state index contributed by atoms with van der Waals surface area (Å²) in [5.74, 6) is 0.402. The van der Waals surface area contributed by atoms with Gasteiger partial charge in [-0.3, -0.25) is 0 Å². The third kappa shape index (κ3) is 6.10. The molecule has 0 unspecified atom stereocenters. The van der Waals surface area contributed by atoms with E-state index in [0.717, 1.165) is 0 Å². The second kappa shape index (κ2) is 8.63. The average molecular weight is 399 g/mol. The summed E-state index contributed by atoms with van der Waals surface area (Å²) in [6.45, 7) is 2.09. The van der Waals surface area contributed by atoms with Gasteiger partial charge in [-0.1, -0.05) is 37.3 Å². The molecule has 0 aliphatic heterocycles. The van der Waals surface area contributed by atoms with Crippen molar-refractivity contribution in [3.63, 3.8) is 0 Å². The predicted molar refractivity (Wildman–Crippen MR) is 99.8 cm³/mol. The molecule has 2 aromatic carbocycles. The Bertz CT molecular complexity index is 942. The Labute approximate surface area is 154 Å². The van der Waals surface area contributed by atoms with E-state index in [2.05, 4.69) is 4.72 Å². The van der Waals surface area contributed by atoms with Gasteiger partial charge in [0.25, 0.3) is 0 Å². The predicted octanol–water partition coefficient (Wildman–Crippen LogP) is 1.39. The van der Waals surface area contributed by atoms with Crippen molar-refractivity contribution in [2.24, 2.45) is 5.14 Å². The van der Waals surface area contributed by atoms with Crippen LogP contribution in [0.2, 0.25) is 0 Å². The van der Waals surface area contributed by atoms with Crippen molar-refractivity contribution in [1.29, 1.82) is 0 Å². The van der Waals surface area contributed by atoms with Crippen LogP contribution in [0.15, 0.2) is 53.4 Å². The fourth-order valence-electron chi connectivity index (χ4n) is 2.35. The summed E-state index contributed by atoms with van der Waals surface area (Å²) in [5.41, 5.74) is 1.39. The summed E-state index contributed by atoms with van der Waals surface area (Å²) >= 11 is 0. The molecule has 142 valence electrons. The molecule has 7 nitrogen and oxygen atoms in total. The third-order valence-corrected chi connectivity index (χ3v) is 5.89. The van der Waals surface area contributed by atoms with Crippen LogP contribution >= 0.6 is 0 Å². The molecular formula is C17H22N2O5S2. The van der Waals surface area contributed by atoms with Gasteiger partial charge in [0.2, 0.25) is 20.0 Å². The molecule has 0 bridgehead atoms. The zero-order valence-corrected chi connectivity index (χ0v) is 16.0. The summed E-state index contributed by atoms with van der Waals surface area (Å²) in [6.07, 6.45) is 0.554. The fraction of sp³-hybridized carbons (Fsp3) is 0.294. The van der Waals surface area contributed by atoms with E-state index in [0.29, 0.717) is 23.3 Å². The first kappa shape index (κ1) is 20.4. The first-order chi connectivity index (χ1) is 12.2. The minimum Gasteiger partial charge on any atom is -0.492 e. The minimum absolute atomic E-state index is 0.0188. The van der Waals surface area contributed by atoms with Crippen molar-refractivity contribution >= 4 is 20.0 Å². The number of hydrogen-bond acceptors (Lipinski definition) is 5. The van der Waals surface area contributed by atoms with Gasteiger partial charge in [0, 0.05) is 6.54 Å². The summed E-state index contributed by atoms with van der Waals surface area (Å²) in [5, 5.41) is 5.12. The van der Waals surface area contributed by atoms with Crippen molar-refractivity contribution < 1.29 is 21.6 Å². The van der Waals surface area contributed by atoms with Crippen molar-refractivity contribution in [2.45, 2.75) is 24.0 Å². The van der Waals surface area contributed by atoms with Crippen LogP contribution in [0.25, 0.3) is 0 Å². The molecule has 3 N–H and O–H groups in total. The van der Waals surface area contributed by atoms with Gasteiger partial charge in [0.15, 0.2) is 0 Å². The van der Waals surface area contributed by atoms with E-state index >= 15 is 0 Å². The molecule has 0 saturated heterocycles. The van der Waals surface area contributed by atoms with Crippen LogP contribution in [-0.2, 0) is 32.2 Å². The minimum atomic E-state index is -3.77. The quantitative estimate of drug-likeness (QED) is 0.620. The normalized spacial score (nSPS) is 12.1. The van der Waals surface area contributed by atoms with E-state index in [1.54, 1.807) is 24.3 Å². The molecule has 9 heteroatoms. The number of sulfonamides is 2. The Morgan fingerprint density at radius 2 is 1.73 bits per heavy atom. The van der Waals surface area contributed by atoms with Crippen LogP contribution < -0.4 is 14.6 Å². The fourth-order valence-corrected chi connectivity index (χ4v) is 4.04. The highest BCUT2D eigenvalue weighted by Crippen LogP contribution is 2.22. The molecule has 2 rings (SSSR count). The van der Waals surface area contributed by atoms with Crippen LogP contribution in [0.3, 0.4) is 0 Å². The highest BCUT2D eigenvalue weighted by molar-refractivity contribution is 7.89. The van der Waals surface area contributed by atoms with E-state index in [1.807, 2.05) is 13.0 Å². The molecule has 0 saturated carbocycles. The van der Waals surface area contributed by atoms with Gasteiger partial charge in [-0.25, -0.2) is 26.7 Å². The molecule has 0 heterocycles. The second-order valence-electron chi connectivity index (χ2n) is 5.66. The number of primary sulfonamides is 1. The molecule has 26 heavy (non-hydrogen) atoms. The first-order valence-corrected chi connectivity index (χ1v) is 11.2. The number of nitrogens with one attached hydrogen (secondary N) is 1. The van der Waals surface area contributed by atoms with Gasteiger partial charge in [-0.15, -0.1) is 0 Å². The number of rotatable bonds is 9. The number of ether oxygens (including phenoxy) is 1. The van der Waals surface area contributed by atoms with Crippen molar-refractivity contribution in [2.75, 3.05) is 13.2 Å². The summed E-state index contributed by atoms with van der Waals surface area (Å²) in [4.78, 5) is 0.0188. The maximum absolute atomic E-state index is 12.0. The van der Waals surface area contributed by atoms with Crippen molar-refractivity contribution in [1.82, 2.24) is 4.72 Å². The number of benzene rings is 2. The van der Waals surface area contributed by atoms with Crippen LogP contribution in [0.5, 0.6) is 5.75 Å². The standard InChI is InChI=1S/C17H22N2O5S2/c1-2-15-12-16(26(18,22)23)8-9-17(15)24-11-10-19-25(20,21)13-14-6-4-3-5-7-14/h3-9,12,19H,2,10-11,13H2,1H3,(H2,18,22,23). The van der Waals surface area contributed by atoms with Gasteiger partial charge in [0.05, 0.1) is 10.6 Å². The van der Waals surface area contributed by atoms with E-state index < -0.39 is 20.0 Å². The molecule has 2 aromatic rings. The Morgan fingerprint density at radius 3 is 2.35 bits per heavy atom. The lowest BCUT2D eigenvalue weighted by molar-refractivity contribution is 0.319. The number of nitrogens with two attached hydrogens (primary N) is 1. The molecular weight excluding hydrogens is 376 g/mol. The van der Waals surface area contributed by atoms with Crippen LogP contribution in [0, 0.1) is 0 Å². The van der Waals surface area contributed by atoms with Gasteiger partial charge in [0.1, 0.15) is 12.4 Å². The van der Waals surface area contributed by atoms with E-state index in [1.165, 1.54) is 18.2 Å². The summed E-state index contributed by atoms with van der Waals surface area (Å²) in [7, 11) is -7.23. The molecule has 0 aromatic heterocycles. The zero-order chi connectivity index (χ0) is 19.2. The van der Waals surface area contributed by atoms with Crippen molar-refractivity contribution in [3.05, 3.63) is 59.7 Å². The van der Waals surface area contributed by atoms with Gasteiger partial charge in [-0.05, 0) is 35.7 Å². The van der Waals surface area contributed by atoms with Crippen LogP contribution in [0.4, 0.5) is 0 Å². The van der Waals surface area contributed by atoms with Crippen molar-refractivity contribution in [3.8, 4) is 5.75 Å². The molecule has 0 fully saturated rings. The van der Waals surface area contributed by atoms with E-state index in [4.69, 9.17) is 9.88 Å². The smallest absolute Gasteiger partial charge is 0.238 e. The van der Waals surface area contributed by atoms with E-state index in [-0.39, 0.29) is 23.8 Å². The van der Waals surface area contributed by atoms with Gasteiger partial charge >= 0.3 is 0 Å². The van der Waals surface area contributed by atoms with E-state index in [9.17, 15) is 16.8 Å². The second-order valence-corrected chi connectivity index (χ2v) is 9.02. The molecule has 0 aliphatic rings. The van der Waals surface area contributed by atoms with Crippen LogP contribution in [0.1, 0.15) is 18.1 Å². The first-order valence-electron chi connectivity index (χ1n) is 8.01. The lowest BCUT2D eigenvalue weighted by Crippen LogP contribution is -2.29. The lowest BCUT2D eigenvalue weighted by Gasteiger charge is -2.12. The average Bonchev–Trinajstić information content (AvgIpc) is 2.58. The highest BCUT2D eigenvalue weighted by Gasteiger charge is 2.13. The molecule has 0 radical (unpaired) electrons. The molecule has 0 amide bonds.